The van der Waals surface area contributed by atoms with Crippen molar-refractivity contribution in [3.63, 3.8) is 0 Å². The number of nitrogens with one attached hydrogen (secondary N) is 1. The maximum absolute atomic E-state index is 12.4. The normalized spacial score (nSPS) is 16.1. The number of urea groups is 1. The van der Waals surface area contributed by atoms with Crippen LogP contribution in [0.3, 0.4) is 0 Å². The van der Waals surface area contributed by atoms with Crippen molar-refractivity contribution < 1.29 is 32.2 Å². The summed E-state index contributed by atoms with van der Waals surface area (Å²) in [6.07, 6.45) is -2.54. The summed E-state index contributed by atoms with van der Waals surface area (Å²) < 4.78 is 46.6. The van der Waals surface area contributed by atoms with E-state index in [2.05, 4.69) is 20.0 Å². The summed E-state index contributed by atoms with van der Waals surface area (Å²) in [4.78, 5) is 32.9. The Morgan fingerprint density at radius 2 is 1.86 bits per heavy atom. The van der Waals surface area contributed by atoms with Crippen molar-refractivity contribution in [1.29, 1.82) is 0 Å². The molecule has 2 aromatic rings. The Morgan fingerprint density at radius 3 is 2.39 bits per heavy atom. The molecule has 2 heterocycles. The highest BCUT2D eigenvalue weighted by Gasteiger charge is 2.45. The molecular weight excluding hydrogens is 381 g/mol. The van der Waals surface area contributed by atoms with Crippen molar-refractivity contribution >= 4 is 17.8 Å². The van der Waals surface area contributed by atoms with Crippen LogP contribution in [0.25, 0.3) is 0 Å². The van der Waals surface area contributed by atoms with E-state index in [1.807, 2.05) is 0 Å². The molecule has 148 valence electrons. The maximum atomic E-state index is 12.4. The van der Waals surface area contributed by atoms with Crippen LogP contribution in [-0.4, -0.2) is 33.8 Å². The van der Waals surface area contributed by atoms with Crippen LogP contribution in [0.15, 0.2) is 30.6 Å². The zero-order chi connectivity index (χ0) is 20.7. The van der Waals surface area contributed by atoms with Crippen LogP contribution in [0.2, 0.25) is 0 Å². The van der Waals surface area contributed by atoms with Crippen molar-refractivity contribution in [2.75, 3.05) is 4.90 Å². The van der Waals surface area contributed by atoms with Gasteiger partial charge < -0.3 is 14.8 Å². The van der Waals surface area contributed by atoms with Crippen molar-refractivity contribution in [2.24, 2.45) is 0 Å². The van der Waals surface area contributed by atoms with Gasteiger partial charge in [0.1, 0.15) is 17.0 Å². The summed E-state index contributed by atoms with van der Waals surface area (Å²) in [5.41, 5.74) is -0.794. The first kappa shape index (κ1) is 19.4. The summed E-state index contributed by atoms with van der Waals surface area (Å²) >= 11 is 0. The lowest BCUT2D eigenvalue weighted by molar-refractivity contribution is -0.274. The number of ether oxygens (including phenoxy) is 2. The fourth-order valence-corrected chi connectivity index (χ4v) is 2.43. The third kappa shape index (κ3) is 3.97. The summed E-state index contributed by atoms with van der Waals surface area (Å²) in [5.74, 6) is -0.908. The first-order valence-corrected chi connectivity index (χ1v) is 7.99. The molecule has 0 radical (unpaired) electrons. The third-order valence-electron chi connectivity index (χ3n) is 3.81. The van der Waals surface area contributed by atoms with Crippen LogP contribution < -0.4 is 19.7 Å². The molecule has 1 aliphatic rings. The second-order valence-electron chi connectivity index (χ2n) is 6.49. The van der Waals surface area contributed by atoms with E-state index >= 15 is 0 Å². The number of benzene rings is 1. The molecule has 1 saturated heterocycles. The van der Waals surface area contributed by atoms with Gasteiger partial charge in [0.25, 0.3) is 5.91 Å². The van der Waals surface area contributed by atoms with Gasteiger partial charge in [0.2, 0.25) is 5.88 Å². The van der Waals surface area contributed by atoms with Crippen molar-refractivity contribution in [2.45, 2.75) is 32.7 Å². The Bertz CT molecular complexity index is 929. The van der Waals surface area contributed by atoms with Gasteiger partial charge in [-0.25, -0.2) is 19.7 Å². The molecule has 28 heavy (non-hydrogen) atoms. The molecule has 1 aliphatic heterocycles. The van der Waals surface area contributed by atoms with Gasteiger partial charge in [0, 0.05) is 6.07 Å². The number of nitrogens with zero attached hydrogens (tertiary/aromatic N) is 3. The molecule has 0 atom stereocenters. The number of hydrogen-bond acceptors (Lipinski definition) is 6. The standard InChI is InChI=1S/C17H15F3N4O4/c1-9-4-5-10(6-11(9)28-17(18,19)20)27-13-8-21-12(7-22-13)24-14(25)16(2,3)23-15(24)26/h4-8H,1-3H3,(H,23,26). The average molecular weight is 396 g/mol. The molecule has 8 nitrogen and oxygen atoms in total. The van der Waals surface area contributed by atoms with Gasteiger partial charge in [-0.1, -0.05) is 6.07 Å². The van der Waals surface area contributed by atoms with Gasteiger partial charge in [-0.15, -0.1) is 13.2 Å². The van der Waals surface area contributed by atoms with Gasteiger partial charge in [0.05, 0.1) is 12.4 Å². The zero-order valence-corrected chi connectivity index (χ0v) is 15.0. The van der Waals surface area contributed by atoms with Gasteiger partial charge in [-0.3, -0.25) is 4.79 Å². The second kappa shape index (κ2) is 6.66. The monoisotopic (exact) mass is 396 g/mol. The molecule has 1 aromatic carbocycles. The van der Waals surface area contributed by atoms with E-state index in [0.717, 1.165) is 23.4 Å². The Kier molecular flexibility index (Phi) is 4.61. The SMILES string of the molecule is Cc1ccc(Oc2cnc(N3C(=O)NC(C)(C)C3=O)cn2)cc1OC(F)(F)F. The number of alkyl halides is 3. The largest absolute Gasteiger partial charge is 0.573 e. The number of aromatic nitrogens is 2. The van der Waals surface area contributed by atoms with Gasteiger partial charge in [0.15, 0.2) is 5.82 Å². The van der Waals surface area contributed by atoms with Crippen molar-refractivity contribution in [1.82, 2.24) is 15.3 Å². The highest BCUT2D eigenvalue weighted by Crippen LogP contribution is 2.31. The van der Waals surface area contributed by atoms with Crippen LogP contribution in [0.4, 0.5) is 23.8 Å². The number of anilines is 1. The van der Waals surface area contributed by atoms with E-state index in [4.69, 9.17) is 4.74 Å². The first-order chi connectivity index (χ1) is 13.0. The maximum Gasteiger partial charge on any atom is 0.573 e. The molecule has 0 aliphatic carbocycles. The number of rotatable bonds is 4. The third-order valence-corrected chi connectivity index (χ3v) is 3.81. The summed E-state index contributed by atoms with van der Waals surface area (Å²) in [7, 11) is 0. The lowest BCUT2D eigenvalue weighted by Gasteiger charge is -2.15. The molecule has 11 heteroatoms. The number of aryl methyl sites for hydroxylation is 1. The summed E-state index contributed by atoms with van der Waals surface area (Å²) in [5, 5.41) is 2.51. The predicted octanol–water partition coefficient (Wildman–Crippen LogP) is 3.31. The Morgan fingerprint density at radius 1 is 1.14 bits per heavy atom. The van der Waals surface area contributed by atoms with Gasteiger partial charge >= 0.3 is 12.4 Å². The number of halogens is 3. The van der Waals surface area contributed by atoms with Crippen LogP contribution >= 0.6 is 0 Å². The number of amides is 3. The molecule has 3 amide bonds. The molecule has 0 saturated carbocycles. The highest BCUT2D eigenvalue weighted by molar-refractivity contribution is 6.22. The molecule has 1 fully saturated rings. The average Bonchev–Trinajstić information content (AvgIpc) is 2.78. The molecular formula is C17H15F3N4O4. The van der Waals surface area contributed by atoms with E-state index < -0.39 is 29.6 Å². The summed E-state index contributed by atoms with van der Waals surface area (Å²) in [6, 6.07) is 3.27. The van der Waals surface area contributed by atoms with E-state index in [-0.39, 0.29) is 23.0 Å². The quantitative estimate of drug-likeness (QED) is 0.797. The molecule has 0 unspecified atom stereocenters. The van der Waals surface area contributed by atoms with Crippen LogP contribution in [0.5, 0.6) is 17.4 Å². The first-order valence-electron chi connectivity index (χ1n) is 7.99. The van der Waals surface area contributed by atoms with Crippen LogP contribution in [0.1, 0.15) is 19.4 Å². The molecule has 3 rings (SSSR count). The fourth-order valence-electron chi connectivity index (χ4n) is 2.43. The fraction of sp³-hybridized carbons (Fsp3) is 0.294. The molecule has 1 aromatic heterocycles. The van der Waals surface area contributed by atoms with Crippen LogP contribution in [-0.2, 0) is 4.79 Å². The van der Waals surface area contributed by atoms with Crippen molar-refractivity contribution in [3.8, 4) is 17.4 Å². The number of carbonyl (C=O) groups is 2. The lowest BCUT2D eigenvalue weighted by Crippen LogP contribution is -2.40. The topological polar surface area (TPSA) is 93.7 Å². The smallest absolute Gasteiger partial charge is 0.437 e. The number of imide groups is 1. The van der Waals surface area contributed by atoms with E-state index in [0.29, 0.717) is 0 Å². The molecule has 0 bridgehead atoms. The minimum absolute atomic E-state index is 0.00887. The minimum atomic E-state index is -4.83. The molecule has 1 N–H and O–H groups in total. The zero-order valence-electron chi connectivity index (χ0n) is 15.0. The lowest BCUT2D eigenvalue weighted by atomic mass is 10.1. The van der Waals surface area contributed by atoms with Gasteiger partial charge in [-0.2, -0.15) is 0 Å². The minimum Gasteiger partial charge on any atom is -0.437 e. The van der Waals surface area contributed by atoms with E-state index in [1.165, 1.54) is 19.1 Å². The molecule has 0 spiro atoms. The summed E-state index contributed by atoms with van der Waals surface area (Å²) in [6.45, 7) is 4.56. The Balaban J connectivity index is 1.78. The van der Waals surface area contributed by atoms with Crippen molar-refractivity contribution in [3.05, 3.63) is 36.2 Å². The van der Waals surface area contributed by atoms with Crippen LogP contribution in [0, 0.1) is 6.92 Å². The number of carbonyl (C=O) groups excluding carboxylic acids is 2. The second-order valence-corrected chi connectivity index (χ2v) is 6.49. The van der Waals surface area contributed by atoms with E-state index in [1.54, 1.807) is 13.8 Å². The van der Waals surface area contributed by atoms with E-state index in [9.17, 15) is 22.8 Å². The van der Waals surface area contributed by atoms with Gasteiger partial charge in [-0.05, 0) is 32.4 Å². The predicted molar refractivity (Wildman–Crippen MR) is 90.1 cm³/mol. The number of hydrogen-bond donors (Lipinski definition) is 1. The highest BCUT2D eigenvalue weighted by atomic mass is 19.4. The Labute approximate surface area is 157 Å². The Hall–Kier alpha value is -3.37.